The molecule has 0 saturated carbocycles. The quantitative estimate of drug-likeness (QED) is 0.676. The number of nitrogens with two attached hydrogens (primary N) is 2. The van der Waals surface area contributed by atoms with Gasteiger partial charge in [-0.3, -0.25) is 14.4 Å². The average Bonchev–Trinajstić information content (AvgIpc) is 2.86. The first kappa shape index (κ1) is 16.5. The Morgan fingerprint density at radius 1 is 1.17 bits per heavy atom. The largest absolute Gasteiger partial charge is 0.441 e. The van der Waals surface area contributed by atoms with E-state index in [0.29, 0.717) is 10.6 Å². The number of nitrogens with zero attached hydrogens (tertiary/aromatic N) is 1. The Morgan fingerprint density at radius 2 is 1.74 bits per heavy atom. The number of oxazole rings is 1. The third-order valence-electron chi connectivity index (χ3n) is 2.95. The maximum Gasteiger partial charge on any atom is 0.274 e. The molecule has 1 heterocycles. The summed E-state index contributed by atoms with van der Waals surface area (Å²) in [7, 11) is 0. The van der Waals surface area contributed by atoms with Crippen LogP contribution in [0.25, 0.3) is 11.5 Å². The lowest BCUT2D eigenvalue weighted by Crippen LogP contribution is -2.52. The highest BCUT2D eigenvalue weighted by molar-refractivity contribution is 6.30. The Labute approximate surface area is 135 Å². The summed E-state index contributed by atoms with van der Waals surface area (Å²) >= 11 is 5.80. The monoisotopic (exact) mass is 336 g/mol. The summed E-state index contributed by atoms with van der Waals surface area (Å²) in [6.07, 6.45) is 0. The van der Waals surface area contributed by atoms with Crippen molar-refractivity contribution in [1.29, 1.82) is 0 Å². The van der Waals surface area contributed by atoms with E-state index in [0.717, 1.165) is 0 Å². The van der Waals surface area contributed by atoms with Crippen LogP contribution < -0.4 is 16.8 Å². The van der Waals surface area contributed by atoms with Crippen LogP contribution in [0, 0.1) is 6.92 Å². The molecule has 1 aromatic heterocycles. The number of aromatic nitrogens is 1. The molecule has 9 heteroatoms. The lowest BCUT2D eigenvalue weighted by Gasteiger charge is -2.10. The summed E-state index contributed by atoms with van der Waals surface area (Å²) < 4.78 is 5.42. The number of hydrogen-bond donors (Lipinski definition) is 3. The summed E-state index contributed by atoms with van der Waals surface area (Å²) in [5.41, 5.74) is 10.5. The van der Waals surface area contributed by atoms with E-state index in [1.54, 1.807) is 24.3 Å². The van der Waals surface area contributed by atoms with Crippen LogP contribution in [-0.4, -0.2) is 28.7 Å². The lowest BCUT2D eigenvalue weighted by molar-refractivity contribution is -0.128. The third kappa shape index (κ3) is 3.67. The summed E-state index contributed by atoms with van der Waals surface area (Å²) in [6.45, 7) is 1.52. The number of benzene rings is 1. The molecule has 0 aliphatic heterocycles. The number of nitrogens with one attached hydrogen (secondary N) is 1. The Hall–Kier alpha value is -2.87. The fourth-order valence-corrected chi connectivity index (χ4v) is 1.93. The minimum Gasteiger partial charge on any atom is -0.441 e. The highest BCUT2D eigenvalue weighted by atomic mass is 35.5. The van der Waals surface area contributed by atoms with Crippen LogP contribution in [0.5, 0.6) is 0 Å². The molecule has 0 radical (unpaired) electrons. The van der Waals surface area contributed by atoms with Gasteiger partial charge in [0.2, 0.25) is 17.7 Å². The Kier molecular flexibility index (Phi) is 4.65. The second-order valence-corrected chi connectivity index (χ2v) is 5.08. The molecule has 0 saturated heterocycles. The summed E-state index contributed by atoms with van der Waals surface area (Å²) in [4.78, 5) is 38.4. The maximum atomic E-state index is 12.1. The molecule has 0 bridgehead atoms. The second kappa shape index (κ2) is 6.49. The summed E-state index contributed by atoms with van der Waals surface area (Å²) in [5.74, 6) is -2.52. The molecule has 1 aromatic carbocycles. The molecule has 0 fully saturated rings. The molecular weight excluding hydrogens is 324 g/mol. The van der Waals surface area contributed by atoms with Gasteiger partial charge in [-0.1, -0.05) is 11.6 Å². The minimum atomic E-state index is -1.63. The van der Waals surface area contributed by atoms with Gasteiger partial charge in [0.1, 0.15) is 5.76 Å². The highest BCUT2D eigenvalue weighted by Gasteiger charge is 2.27. The number of primary amides is 2. The number of carbonyl (C=O) groups is 3. The lowest BCUT2D eigenvalue weighted by atomic mass is 10.2. The molecule has 0 unspecified atom stereocenters. The van der Waals surface area contributed by atoms with Crippen molar-refractivity contribution in [3.63, 3.8) is 0 Å². The molecule has 2 rings (SSSR count). The molecule has 3 amide bonds. The van der Waals surface area contributed by atoms with Crippen molar-refractivity contribution in [1.82, 2.24) is 10.3 Å². The predicted octanol–water partition coefficient (Wildman–Crippen LogP) is 0.372. The van der Waals surface area contributed by atoms with Gasteiger partial charge >= 0.3 is 0 Å². The molecule has 23 heavy (non-hydrogen) atoms. The van der Waals surface area contributed by atoms with Crippen molar-refractivity contribution in [2.24, 2.45) is 11.5 Å². The fraction of sp³-hybridized carbons (Fsp3) is 0.143. The van der Waals surface area contributed by atoms with E-state index >= 15 is 0 Å². The number of carbonyl (C=O) groups excluding carboxylic acids is 3. The molecule has 0 spiro atoms. The Balaban J connectivity index is 2.27. The zero-order valence-electron chi connectivity index (χ0n) is 12.0. The van der Waals surface area contributed by atoms with Crippen molar-refractivity contribution in [3.8, 4) is 11.5 Å². The molecule has 8 nitrogen and oxygen atoms in total. The smallest absolute Gasteiger partial charge is 0.274 e. The first-order valence-electron chi connectivity index (χ1n) is 6.42. The molecule has 0 atom stereocenters. The first-order valence-corrected chi connectivity index (χ1v) is 6.80. The highest BCUT2D eigenvalue weighted by Crippen LogP contribution is 2.23. The summed E-state index contributed by atoms with van der Waals surface area (Å²) in [5, 5.41) is 2.66. The molecule has 0 aliphatic carbocycles. The summed E-state index contributed by atoms with van der Waals surface area (Å²) in [6, 6.07) is 5.01. The SMILES string of the molecule is Cc1oc(-c2ccc(Cl)cc2)nc1C(=O)NC(C(N)=O)C(N)=O. The Morgan fingerprint density at radius 3 is 2.26 bits per heavy atom. The van der Waals surface area contributed by atoms with Crippen molar-refractivity contribution in [2.45, 2.75) is 13.0 Å². The van der Waals surface area contributed by atoms with E-state index in [1.165, 1.54) is 6.92 Å². The van der Waals surface area contributed by atoms with E-state index in [2.05, 4.69) is 10.3 Å². The first-order chi connectivity index (χ1) is 10.8. The predicted molar refractivity (Wildman–Crippen MR) is 81.3 cm³/mol. The van der Waals surface area contributed by atoms with E-state index < -0.39 is 23.8 Å². The van der Waals surface area contributed by atoms with Crippen LogP contribution in [0.2, 0.25) is 5.02 Å². The van der Waals surface area contributed by atoms with Crippen molar-refractivity contribution < 1.29 is 18.8 Å². The zero-order valence-corrected chi connectivity index (χ0v) is 12.8. The van der Waals surface area contributed by atoms with Gasteiger partial charge in [0.25, 0.3) is 5.91 Å². The van der Waals surface area contributed by atoms with Crippen LogP contribution in [0.15, 0.2) is 28.7 Å². The van der Waals surface area contributed by atoms with Gasteiger partial charge in [0.15, 0.2) is 11.7 Å². The van der Waals surface area contributed by atoms with E-state index in [4.69, 9.17) is 27.5 Å². The van der Waals surface area contributed by atoms with Crippen molar-refractivity contribution in [2.75, 3.05) is 0 Å². The van der Waals surface area contributed by atoms with Crippen LogP contribution in [-0.2, 0) is 9.59 Å². The maximum absolute atomic E-state index is 12.1. The van der Waals surface area contributed by atoms with Crippen LogP contribution in [0.3, 0.4) is 0 Å². The van der Waals surface area contributed by atoms with Gasteiger partial charge in [-0.05, 0) is 31.2 Å². The Bertz CT molecular complexity index is 756. The standard InChI is InChI=1S/C14H13ClN4O4/c1-6-9(13(22)18-10(11(16)20)12(17)21)19-14(23-6)7-2-4-8(15)5-3-7/h2-5,10H,1H3,(H2,16,20)(H2,17,21)(H,18,22). The van der Waals surface area contributed by atoms with Gasteiger partial charge in [-0.2, -0.15) is 0 Å². The van der Waals surface area contributed by atoms with Crippen molar-refractivity contribution >= 4 is 29.3 Å². The fourth-order valence-electron chi connectivity index (χ4n) is 1.80. The second-order valence-electron chi connectivity index (χ2n) is 4.64. The van der Waals surface area contributed by atoms with Crippen LogP contribution in [0.4, 0.5) is 0 Å². The van der Waals surface area contributed by atoms with Gasteiger partial charge in [-0.25, -0.2) is 4.98 Å². The van der Waals surface area contributed by atoms with Crippen LogP contribution in [0.1, 0.15) is 16.2 Å². The van der Waals surface area contributed by atoms with Gasteiger partial charge in [0.05, 0.1) is 0 Å². The molecule has 5 N–H and O–H groups in total. The third-order valence-corrected chi connectivity index (χ3v) is 3.20. The van der Waals surface area contributed by atoms with E-state index in [-0.39, 0.29) is 17.3 Å². The number of amides is 3. The molecule has 120 valence electrons. The zero-order chi connectivity index (χ0) is 17.1. The van der Waals surface area contributed by atoms with Gasteiger partial charge in [0, 0.05) is 10.6 Å². The number of rotatable bonds is 5. The molecule has 2 aromatic rings. The minimum absolute atomic E-state index is 0.0811. The van der Waals surface area contributed by atoms with Gasteiger partial charge < -0.3 is 21.2 Å². The normalized spacial score (nSPS) is 10.6. The number of aryl methyl sites for hydroxylation is 1. The van der Waals surface area contributed by atoms with Gasteiger partial charge in [-0.15, -0.1) is 0 Å². The van der Waals surface area contributed by atoms with Crippen LogP contribution >= 0.6 is 11.6 Å². The van der Waals surface area contributed by atoms with E-state index in [9.17, 15) is 14.4 Å². The van der Waals surface area contributed by atoms with E-state index in [1.807, 2.05) is 0 Å². The average molecular weight is 337 g/mol. The topological polar surface area (TPSA) is 141 Å². The molecular formula is C14H13ClN4O4. The molecule has 0 aliphatic rings. The van der Waals surface area contributed by atoms with Crippen molar-refractivity contribution in [3.05, 3.63) is 40.7 Å². The number of halogens is 1. The number of hydrogen-bond acceptors (Lipinski definition) is 5.